The van der Waals surface area contributed by atoms with Gasteiger partial charge in [-0.1, -0.05) is 32.0 Å². The molecule has 0 aliphatic carbocycles. The summed E-state index contributed by atoms with van der Waals surface area (Å²) in [6, 6.07) is 8.29. The number of hydrogen-bond acceptors (Lipinski definition) is 2. The molecule has 102 valence electrons. The number of ether oxygens (including phenoxy) is 1. The van der Waals surface area contributed by atoms with Gasteiger partial charge in [-0.2, -0.15) is 0 Å². The molecule has 0 saturated carbocycles. The maximum Gasteiger partial charge on any atom is 0.122 e. The summed E-state index contributed by atoms with van der Waals surface area (Å²) in [5, 5.41) is 3.51. The topological polar surface area (TPSA) is 21.3 Å². The second-order valence-electron chi connectivity index (χ2n) is 6.01. The third-order valence-electron chi connectivity index (χ3n) is 2.86. The van der Waals surface area contributed by atoms with Crippen molar-refractivity contribution in [1.29, 1.82) is 0 Å². The fraction of sp³-hybridized carbons (Fsp3) is 0.625. The third kappa shape index (κ3) is 5.54. The zero-order chi connectivity index (χ0) is 13.6. The van der Waals surface area contributed by atoms with Crippen LogP contribution in [-0.2, 0) is 6.42 Å². The molecule has 1 atom stereocenters. The van der Waals surface area contributed by atoms with E-state index in [-0.39, 0.29) is 5.54 Å². The molecule has 0 spiro atoms. The van der Waals surface area contributed by atoms with Crippen molar-refractivity contribution in [3.05, 3.63) is 29.8 Å². The number of benzene rings is 1. The Morgan fingerprint density at radius 3 is 2.50 bits per heavy atom. The first-order valence-corrected chi connectivity index (χ1v) is 6.88. The van der Waals surface area contributed by atoms with E-state index in [1.54, 1.807) is 0 Å². The molecule has 1 aromatic carbocycles. The molecule has 1 aromatic rings. The fourth-order valence-corrected chi connectivity index (χ4v) is 1.71. The number of aryl methyl sites for hydroxylation is 1. The van der Waals surface area contributed by atoms with E-state index in [9.17, 15) is 0 Å². The molecule has 2 nitrogen and oxygen atoms in total. The van der Waals surface area contributed by atoms with E-state index < -0.39 is 0 Å². The lowest BCUT2D eigenvalue weighted by Gasteiger charge is -2.23. The average Bonchev–Trinajstić information content (AvgIpc) is 2.33. The van der Waals surface area contributed by atoms with Gasteiger partial charge in [0.2, 0.25) is 0 Å². The molecule has 0 saturated heterocycles. The van der Waals surface area contributed by atoms with Crippen LogP contribution in [0.25, 0.3) is 0 Å². The summed E-state index contributed by atoms with van der Waals surface area (Å²) in [6.45, 7) is 12.7. The summed E-state index contributed by atoms with van der Waals surface area (Å²) in [6.07, 6.45) is 1.02. The monoisotopic (exact) mass is 249 g/mol. The summed E-state index contributed by atoms with van der Waals surface area (Å²) >= 11 is 0. The Morgan fingerprint density at radius 2 is 1.89 bits per heavy atom. The Balaban J connectivity index is 2.40. The van der Waals surface area contributed by atoms with Crippen molar-refractivity contribution in [1.82, 2.24) is 5.32 Å². The van der Waals surface area contributed by atoms with Crippen LogP contribution in [0, 0.1) is 5.92 Å². The minimum Gasteiger partial charge on any atom is -0.493 e. The predicted molar refractivity (Wildman–Crippen MR) is 78.2 cm³/mol. The van der Waals surface area contributed by atoms with E-state index in [2.05, 4.69) is 58.1 Å². The van der Waals surface area contributed by atoms with Crippen LogP contribution < -0.4 is 10.1 Å². The molecule has 18 heavy (non-hydrogen) atoms. The molecular formula is C16H27NO. The van der Waals surface area contributed by atoms with E-state index in [1.807, 2.05) is 6.07 Å². The molecule has 2 heteroatoms. The second kappa shape index (κ2) is 6.79. The van der Waals surface area contributed by atoms with Crippen molar-refractivity contribution >= 4 is 0 Å². The molecule has 1 unspecified atom stereocenters. The Kier molecular flexibility index (Phi) is 5.67. The molecule has 0 aliphatic heterocycles. The van der Waals surface area contributed by atoms with Gasteiger partial charge in [0.05, 0.1) is 6.61 Å². The van der Waals surface area contributed by atoms with Crippen molar-refractivity contribution in [2.45, 2.75) is 46.6 Å². The number of rotatable bonds is 6. The SMILES string of the molecule is CCc1ccccc1OCC(C)CNC(C)(C)C. The first-order chi connectivity index (χ1) is 8.42. The number of para-hydroxylation sites is 1. The third-order valence-corrected chi connectivity index (χ3v) is 2.86. The highest BCUT2D eigenvalue weighted by Crippen LogP contribution is 2.18. The van der Waals surface area contributed by atoms with E-state index in [0.29, 0.717) is 5.92 Å². The van der Waals surface area contributed by atoms with Crippen LogP contribution in [0.3, 0.4) is 0 Å². The molecule has 0 radical (unpaired) electrons. The highest BCUT2D eigenvalue weighted by Gasteiger charge is 2.11. The molecule has 0 aliphatic rings. The zero-order valence-electron chi connectivity index (χ0n) is 12.4. The molecule has 1 N–H and O–H groups in total. The van der Waals surface area contributed by atoms with Crippen molar-refractivity contribution in [2.24, 2.45) is 5.92 Å². The Morgan fingerprint density at radius 1 is 1.22 bits per heavy atom. The van der Waals surface area contributed by atoms with Crippen LogP contribution in [0.4, 0.5) is 0 Å². The van der Waals surface area contributed by atoms with Gasteiger partial charge in [-0.25, -0.2) is 0 Å². The molecule has 0 heterocycles. The number of hydrogen-bond donors (Lipinski definition) is 1. The van der Waals surface area contributed by atoms with Gasteiger partial charge >= 0.3 is 0 Å². The van der Waals surface area contributed by atoms with Gasteiger partial charge in [0.1, 0.15) is 5.75 Å². The molecule has 0 amide bonds. The van der Waals surface area contributed by atoms with E-state index in [4.69, 9.17) is 4.74 Å². The predicted octanol–water partition coefficient (Wildman–Crippen LogP) is 3.65. The van der Waals surface area contributed by atoms with E-state index >= 15 is 0 Å². The van der Waals surface area contributed by atoms with Crippen LogP contribution >= 0.6 is 0 Å². The molecule has 0 aromatic heterocycles. The fourth-order valence-electron chi connectivity index (χ4n) is 1.71. The Hall–Kier alpha value is -1.02. The summed E-state index contributed by atoms with van der Waals surface area (Å²) in [5.74, 6) is 1.54. The Labute approximate surface area is 112 Å². The van der Waals surface area contributed by atoms with Gasteiger partial charge in [-0.15, -0.1) is 0 Å². The first-order valence-electron chi connectivity index (χ1n) is 6.88. The minimum atomic E-state index is 0.176. The largest absolute Gasteiger partial charge is 0.493 e. The highest BCUT2D eigenvalue weighted by molar-refractivity contribution is 5.33. The zero-order valence-corrected chi connectivity index (χ0v) is 12.4. The first kappa shape index (κ1) is 15.0. The van der Waals surface area contributed by atoms with Crippen LogP contribution in [-0.4, -0.2) is 18.7 Å². The molecule has 0 bridgehead atoms. The van der Waals surface area contributed by atoms with Gasteiger partial charge in [-0.3, -0.25) is 0 Å². The van der Waals surface area contributed by atoms with Gasteiger partial charge in [0.25, 0.3) is 0 Å². The van der Waals surface area contributed by atoms with Crippen molar-refractivity contribution in [3.8, 4) is 5.75 Å². The summed E-state index contributed by atoms with van der Waals surface area (Å²) in [4.78, 5) is 0. The van der Waals surface area contributed by atoms with Crippen molar-refractivity contribution in [3.63, 3.8) is 0 Å². The van der Waals surface area contributed by atoms with Crippen LogP contribution in [0.5, 0.6) is 5.75 Å². The standard InChI is InChI=1S/C16H27NO/c1-6-14-9-7-8-10-15(14)18-12-13(2)11-17-16(3,4)5/h7-10,13,17H,6,11-12H2,1-5H3. The molecule has 0 fully saturated rings. The lowest BCUT2D eigenvalue weighted by atomic mass is 10.1. The van der Waals surface area contributed by atoms with Gasteiger partial charge in [0, 0.05) is 18.0 Å². The highest BCUT2D eigenvalue weighted by atomic mass is 16.5. The average molecular weight is 249 g/mol. The van der Waals surface area contributed by atoms with Crippen molar-refractivity contribution in [2.75, 3.05) is 13.2 Å². The van der Waals surface area contributed by atoms with Crippen LogP contribution in [0.2, 0.25) is 0 Å². The minimum absolute atomic E-state index is 0.176. The Bertz CT molecular complexity index is 354. The van der Waals surface area contributed by atoms with E-state index in [1.165, 1.54) is 5.56 Å². The quantitative estimate of drug-likeness (QED) is 0.831. The lowest BCUT2D eigenvalue weighted by molar-refractivity contribution is 0.242. The number of nitrogens with one attached hydrogen (secondary N) is 1. The summed E-state index contributed by atoms with van der Waals surface area (Å²) in [7, 11) is 0. The normalized spacial score (nSPS) is 13.4. The maximum absolute atomic E-state index is 5.92. The summed E-state index contributed by atoms with van der Waals surface area (Å²) < 4.78 is 5.92. The van der Waals surface area contributed by atoms with E-state index in [0.717, 1.165) is 25.3 Å². The van der Waals surface area contributed by atoms with Crippen LogP contribution in [0.15, 0.2) is 24.3 Å². The smallest absolute Gasteiger partial charge is 0.122 e. The maximum atomic E-state index is 5.92. The van der Waals surface area contributed by atoms with Crippen molar-refractivity contribution < 1.29 is 4.74 Å². The molecular weight excluding hydrogens is 222 g/mol. The summed E-state index contributed by atoms with van der Waals surface area (Å²) in [5.41, 5.74) is 1.46. The van der Waals surface area contributed by atoms with Crippen LogP contribution in [0.1, 0.15) is 40.2 Å². The molecule has 1 rings (SSSR count). The van der Waals surface area contributed by atoms with Gasteiger partial charge in [-0.05, 0) is 38.8 Å². The second-order valence-corrected chi connectivity index (χ2v) is 6.01. The van der Waals surface area contributed by atoms with Gasteiger partial charge in [0.15, 0.2) is 0 Å². The van der Waals surface area contributed by atoms with Gasteiger partial charge < -0.3 is 10.1 Å². The lowest BCUT2D eigenvalue weighted by Crippen LogP contribution is -2.39.